The topological polar surface area (TPSA) is 49.4 Å². The molecule has 1 heterocycles. The van der Waals surface area contributed by atoms with Crippen LogP contribution in [-0.4, -0.2) is 35.1 Å². The lowest BCUT2D eigenvalue weighted by Crippen LogP contribution is -2.33. The molecule has 0 aromatic heterocycles. The number of benzene rings is 2. The van der Waals surface area contributed by atoms with Crippen LogP contribution in [0.2, 0.25) is 5.02 Å². The minimum atomic E-state index is -0.303. The van der Waals surface area contributed by atoms with Gasteiger partial charge in [-0.2, -0.15) is 0 Å². The van der Waals surface area contributed by atoms with Crippen LogP contribution >= 0.6 is 23.4 Å². The second kappa shape index (κ2) is 9.99. The summed E-state index contributed by atoms with van der Waals surface area (Å²) in [6.45, 7) is 3.42. The van der Waals surface area contributed by atoms with Crippen LogP contribution in [0.15, 0.2) is 53.4 Å². The number of anilines is 1. The van der Waals surface area contributed by atoms with Crippen molar-refractivity contribution in [2.24, 2.45) is 0 Å². The number of carbonyl (C=O) groups excluding carboxylic acids is 2. The van der Waals surface area contributed by atoms with Gasteiger partial charge in [0.1, 0.15) is 0 Å². The number of hydrogen-bond donors (Lipinski definition) is 1. The number of nitrogens with one attached hydrogen (secondary N) is 1. The van der Waals surface area contributed by atoms with Gasteiger partial charge in [0.05, 0.1) is 16.5 Å². The highest BCUT2D eigenvalue weighted by Gasteiger charge is 2.22. The van der Waals surface area contributed by atoms with E-state index in [0.717, 1.165) is 30.8 Å². The number of nitrogens with zero attached hydrogens (tertiary/aromatic N) is 1. The highest BCUT2D eigenvalue weighted by molar-refractivity contribution is 8.00. The molecular weight excluding hydrogens is 392 g/mol. The van der Waals surface area contributed by atoms with Crippen LogP contribution < -0.4 is 5.32 Å². The fourth-order valence-corrected chi connectivity index (χ4v) is 4.22. The smallest absolute Gasteiger partial charge is 0.255 e. The number of likely N-dealkylation sites (tertiary alicyclic amines) is 1. The second-order valence-corrected chi connectivity index (χ2v) is 8.81. The molecule has 1 saturated heterocycles. The van der Waals surface area contributed by atoms with Crippen LogP contribution in [0, 0.1) is 0 Å². The zero-order valence-corrected chi connectivity index (χ0v) is 17.6. The average Bonchev–Trinajstić information content (AvgIpc) is 2.99. The molecule has 3 rings (SSSR count). The van der Waals surface area contributed by atoms with Crippen LogP contribution in [-0.2, 0) is 4.79 Å². The van der Waals surface area contributed by atoms with Crippen molar-refractivity contribution in [1.29, 1.82) is 0 Å². The molecule has 1 aliphatic heterocycles. The van der Waals surface area contributed by atoms with Gasteiger partial charge in [0.25, 0.3) is 5.91 Å². The molecule has 1 fully saturated rings. The Morgan fingerprint density at radius 2 is 1.64 bits per heavy atom. The van der Waals surface area contributed by atoms with Crippen molar-refractivity contribution in [1.82, 2.24) is 4.90 Å². The van der Waals surface area contributed by atoms with Crippen molar-refractivity contribution in [2.45, 2.75) is 42.8 Å². The molecule has 0 unspecified atom stereocenters. The summed E-state index contributed by atoms with van der Waals surface area (Å²) in [5.74, 6) is -0.133. The quantitative estimate of drug-likeness (QED) is 0.657. The van der Waals surface area contributed by atoms with Crippen molar-refractivity contribution in [2.75, 3.05) is 18.4 Å². The molecule has 0 bridgehead atoms. The molecule has 0 saturated carbocycles. The van der Waals surface area contributed by atoms with E-state index in [0.29, 0.717) is 16.3 Å². The normalized spacial score (nSPS) is 15.6. The third-order valence-electron chi connectivity index (χ3n) is 4.80. The molecule has 1 N–H and O–H groups in total. The SMILES string of the molecule is C[C@@H](Sc1ccc(Cl)cc1)C(=O)Nc1ccccc1C(=O)N1CCCCCC1. The fourth-order valence-electron chi connectivity index (χ4n) is 3.23. The third kappa shape index (κ3) is 5.52. The first kappa shape index (κ1) is 20.7. The molecule has 4 nitrogen and oxygen atoms in total. The van der Waals surface area contributed by atoms with Crippen LogP contribution in [0.5, 0.6) is 0 Å². The molecule has 28 heavy (non-hydrogen) atoms. The van der Waals surface area contributed by atoms with E-state index in [1.165, 1.54) is 24.6 Å². The number of para-hydroxylation sites is 1. The van der Waals surface area contributed by atoms with Crippen LogP contribution in [0.4, 0.5) is 5.69 Å². The minimum absolute atomic E-state index is 0.00388. The molecule has 6 heteroatoms. The molecule has 2 amide bonds. The van der Waals surface area contributed by atoms with E-state index in [4.69, 9.17) is 11.6 Å². The minimum Gasteiger partial charge on any atom is -0.339 e. The number of rotatable bonds is 5. The summed E-state index contributed by atoms with van der Waals surface area (Å²) in [5, 5.41) is 3.31. The lowest BCUT2D eigenvalue weighted by Gasteiger charge is -2.22. The van der Waals surface area contributed by atoms with Gasteiger partial charge in [-0.15, -0.1) is 11.8 Å². The molecule has 2 aromatic rings. The summed E-state index contributed by atoms with van der Waals surface area (Å²) in [7, 11) is 0. The molecule has 1 aliphatic rings. The first-order valence-electron chi connectivity index (χ1n) is 9.66. The van der Waals surface area contributed by atoms with Gasteiger partial charge >= 0.3 is 0 Å². The van der Waals surface area contributed by atoms with E-state index in [2.05, 4.69) is 5.32 Å². The number of halogens is 1. The summed E-state index contributed by atoms with van der Waals surface area (Å²) >= 11 is 7.37. The summed E-state index contributed by atoms with van der Waals surface area (Å²) < 4.78 is 0. The molecule has 2 aromatic carbocycles. The van der Waals surface area contributed by atoms with E-state index in [-0.39, 0.29) is 17.1 Å². The Morgan fingerprint density at radius 3 is 2.32 bits per heavy atom. The van der Waals surface area contributed by atoms with Gasteiger partial charge in [0.15, 0.2) is 0 Å². The largest absolute Gasteiger partial charge is 0.339 e. The number of carbonyl (C=O) groups is 2. The average molecular weight is 417 g/mol. The van der Waals surface area contributed by atoms with Crippen molar-refractivity contribution >= 4 is 40.9 Å². The Balaban J connectivity index is 1.68. The Morgan fingerprint density at radius 1 is 1.00 bits per heavy atom. The van der Waals surface area contributed by atoms with Gasteiger partial charge in [0.2, 0.25) is 5.91 Å². The predicted molar refractivity (Wildman–Crippen MR) is 116 cm³/mol. The predicted octanol–water partition coefficient (Wildman–Crippen LogP) is 5.48. The summed E-state index contributed by atoms with van der Waals surface area (Å²) in [6, 6.07) is 14.7. The number of hydrogen-bond acceptors (Lipinski definition) is 3. The molecule has 0 spiro atoms. The standard InChI is InChI=1S/C22H25ClN2O2S/c1-16(28-18-12-10-17(23)11-13-18)21(26)24-20-9-5-4-8-19(20)22(27)25-14-6-2-3-7-15-25/h4-5,8-13,16H,2-3,6-7,14-15H2,1H3,(H,24,26)/t16-/m1/s1. The molecule has 0 aliphatic carbocycles. The van der Waals surface area contributed by atoms with Crippen LogP contribution in [0.1, 0.15) is 43.0 Å². The van der Waals surface area contributed by atoms with Crippen LogP contribution in [0.25, 0.3) is 0 Å². The molecular formula is C22H25ClN2O2S. The molecule has 1 atom stereocenters. The van der Waals surface area contributed by atoms with Gasteiger partial charge in [-0.25, -0.2) is 0 Å². The molecule has 148 valence electrons. The van der Waals surface area contributed by atoms with Crippen molar-refractivity contribution in [3.8, 4) is 0 Å². The Hall–Kier alpha value is -1.98. The van der Waals surface area contributed by atoms with Gasteiger partial charge in [-0.05, 0) is 56.2 Å². The Labute approximate surface area is 175 Å². The van der Waals surface area contributed by atoms with Crippen molar-refractivity contribution < 1.29 is 9.59 Å². The maximum Gasteiger partial charge on any atom is 0.255 e. The zero-order chi connectivity index (χ0) is 19.9. The lowest BCUT2D eigenvalue weighted by molar-refractivity contribution is -0.115. The fraction of sp³-hybridized carbons (Fsp3) is 0.364. The zero-order valence-electron chi connectivity index (χ0n) is 16.0. The van der Waals surface area contributed by atoms with Gasteiger partial charge in [-0.1, -0.05) is 36.6 Å². The third-order valence-corrected chi connectivity index (χ3v) is 6.17. The van der Waals surface area contributed by atoms with Gasteiger partial charge in [0, 0.05) is 23.0 Å². The highest BCUT2D eigenvalue weighted by Crippen LogP contribution is 2.26. The van der Waals surface area contributed by atoms with Crippen LogP contribution in [0.3, 0.4) is 0 Å². The van der Waals surface area contributed by atoms with Crippen molar-refractivity contribution in [3.63, 3.8) is 0 Å². The Bertz CT molecular complexity index is 818. The lowest BCUT2D eigenvalue weighted by atomic mass is 10.1. The highest BCUT2D eigenvalue weighted by atomic mass is 35.5. The van der Waals surface area contributed by atoms with E-state index >= 15 is 0 Å². The summed E-state index contributed by atoms with van der Waals surface area (Å²) in [5.41, 5.74) is 1.13. The van der Waals surface area contributed by atoms with Crippen molar-refractivity contribution in [3.05, 3.63) is 59.1 Å². The monoisotopic (exact) mass is 416 g/mol. The number of thioether (sulfide) groups is 1. The number of amides is 2. The first-order chi connectivity index (χ1) is 13.5. The first-order valence-corrected chi connectivity index (χ1v) is 10.9. The second-order valence-electron chi connectivity index (χ2n) is 6.96. The van der Waals surface area contributed by atoms with E-state index in [9.17, 15) is 9.59 Å². The maximum absolute atomic E-state index is 13.0. The van der Waals surface area contributed by atoms with E-state index in [1.54, 1.807) is 12.1 Å². The molecule has 0 radical (unpaired) electrons. The summed E-state index contributed by atoms with van der Waals surface area (Å²) in [4.78, 5) is 28.6. The Kier molecular flexibility index (Phi) is 7.40. The van der Waals surface area contributed by atoms with Gasteiger partial charge < -0.3 is 10.2 Å². The summed E-state index contributed by atoms with van der Waals surface area (Å²) in [6.07, 6.45) is 4.41. The maximum atomic E-state index is 13.0. The van der Waals surface area contributed by atoms with E-state index < -0.39 is 0 Å². The van der Waals surface area contributed by atoms with E-state index in [1.807, 2.05) is 48.2 Å². The van der Waals surface area contributed by atoms with Gasteiger partial charge in [-0.3, -0.25) is 9.59 Å².